The summed E-state index contributed by atoms with van der Waals surface area (Å²) in [6.07, 6.45) is 16.4. The van der Waals surface area contributed by atoms with Crippen molar-refractivity contribution >= 4 is 104 Å². The molecule has 4 aliphatic heterocycles. The van der Waals surface area contributed by atoms with Crippen LogP contribution >= 0.6 is 0 Å². The summed E-state index contributed by atoms with van der Waals surface area (Å²) in [5.41, 5.74) is 24.4. The summed E-state index contributed by atoms with van der Waals surface area (Å²) >= 11 is 0. The van der Waals surface area contributed by atoms with Crippen molar-refractivity contribution in [1.82, 2.24) is 39.9 Å². The van der Waals surface area contributed by atoms with Crippen LogP contribution in [0, 0.1) is 55.8 Å². The van der Waals surface area contributed by atoms with E-state index in [4.69, 9.17) is 19.9 Å². The fraction of sp³-hybridized carbons (Fsp3) is 0.314. The monoisotopic (exact) mass is 1500 g/mol. The molecule has 0 saturated carbocycles. The number of hydrogen-bond acceptors (Lipinski definition) is 8. The minimum atomic E-state index is -0.261. The zero-order valence-corrected chi connectivity index (χ0v) is 70.7. The molecule has 10 aromatic rings. The van der Waals surface area contributed by atoms with Crippen LogP contribution < -0.4 is 10.4 Å². The second kappa shape index (κ2) is 27.9. The maximum absolute atomic E-state index is 11.0. The molecule has 4 aromatic carbocycles. The molecule has 0 saturated heterocycles. The molecule has 572 valence electrons. The van der Waals surface area contributed by atoms with Gasteiger partial charge in [0.25, 0.3) is 0 Å². The third-order valence-corrected chi connectivity index (χ3v) is 22.5. The lowest BCUT2D eigenvalue weighted by molar-refractivity contribution is 0.568. The van der Waals surface area contributed by atoms with Crippen LogP contribution in [0.4, 0.5) is 0 Å². The molecular weight excluding hydrogens is 1390 g/mol. The quantitative estimate of drug-likeness (QED) is 0.133. The molecular formula is C102H104N12. The second-order valence-corrected chi connectivity index (χ2v) is 39.4. The minimum Gasteiger partial charge on any atom is -0.354 e. The van der Waals surface area contributed by atoms with Gasteiger partial charge in [0.05, 0.1) is 67.0 Å². The summed E-state index contributed by atoms with van der Waals surface area (Å²) < 4.78 is 0. The predicted octanol–water partition coefficient (Wildman–Crippen LogP) is 24.4. The number of aromatic amines is 4. The number of rotatable bonds is 4. The molecule has 0 radical (unpaired) electrons. The Bertz CT molecular complexity index is 6000. The lowest BCUT2D eigenvalue weighted by Gasteiger charge is -2.26. The van der Waals surface area contributed by atoms with Gasteiger partial charge in [-0.15, -0.1) is 0 Å². The van der Waals surface area contributed by atoms with E-state index in [9.17, 15) is 21.0 Å². The van der Waals surface area contributed by atoms with Gasteiger partial charge >= 0.3 is 0 Å². The molecule has 0 aliphatic carbocycles. The van der Waals surface area contributed by atoms with Gasteiger partial charge in [0.15, 0.2) is 0 Å². The standard InChI is InChI=1S/C102H104N12/c1-95(2,3)63-41-57(42-64(49-63)96(4,5)6)87-71-25-29-79(107-71)91(61(53-103)54-104)80-30-26-72(108-80)88(58-43-65(97(7,8)9)50-66(44-58)98(10,11)12)76-34-38-84(112-76)93(83-37-33-75(87)111-83)94-85-39-35-77(113-85)89(59-45-67(99(13,14)15)51-68(46-59)100(16,17)18)73-27-31-81(109-73)92(62(55-105)56-106)82-32-28-74(110-82)90(78-36-40-86(94)114-78)60-47-69(101(19,20)21)52-70(48-60)102(22,23)24/h25-52,107,109,112,114H,1-24H3/b87-75?,88-72?,89-77?,90-74?,94-93-. The van der Waals surface area contributed by atoms with Crippen LogP contribution in [0.1, 0.15) is 256 Å². The lowest BCUT2D eigenvalue weighted by Crippen LogP contribution is -2.16. The molecule has 0 amide bonds. The smallest absolute Gasteiger partial charge is 0.141 e. The summed E-state index contributed by atoms with van der Waals surface area (Å²) in [4.78, 5) is 39.0. The maximum atomic E-state index is 11.0. The fourth-order valence-corrected chi connectivity index (χ4v) is 15.5. The number of hydrogen-bond donors (Lipinski definition) is 4. The van der Waals surface area contributed by atoms with Crippen molar-refractivity contribution < 1.29 is 0 Å². The van der Waals surface area contributed by atoms with Crippen LogP contribution in [0.25, 0.3) is 148 Å². The number of fused-ring (bicyclic) bond motifs is 16. The lowest BCUT2D eigenvalue weighted by atomic mass is 9.78. The third kappa shape index (κ3) is 14.9. The van der Waals surface area contributed by atoms with Crippen molar-refractivity contribution in [2.75, 3.05) is 0 Å². The molecule has 12 nitrogen and oxygen atoms in total. The highest BCUT2D eigenvalue weighted by Crippen LogP contribution is 2.44. The van der Waals surface area contributed by atoms with Gasteiger partial charge in [-0.1, -0.05) is 239 Å². The number of aromatic nitrogens is 8. The van der Waals surface area contributed by atoms with Gasteiger partial charge in [-0.2, -0.15) is 21.0 Å². The Morgan fingerprint density at radius 2 is 0.404 bits per heavy atom. The van der Waals surface area contributed by atoms with E-state index in [1.165, 1.54) is 0 Å². The van der Waals surface area contributed by atoms with E-state index in [1.807, 2.05) is 48.6 Å². The number of nitrogens with one attached hydrogen (secondary N) is 4. The van der Waals surface area contributed by atoms with Crippen molar-refractivity contribution in [3.63, 3.8) is 0 Å². The zero-order chi connectivity index (χ0) is 82.2. The highest BCUT2D eigenvalue weighted by atomic mass is 14.8. The van der Waals surface area contributed by atoms with Crippen molar-refractivity contribution in [2.24, 2.45) is 0 Å². The molecule has 16 bridgehead atoms. The Balaban J connectivity index is 1.31. The molecule has 0 unspecified atom stereocenters. The van der Waals surface area contributed by atoms with Gasteiger partial charge < -0.3 is 19.9 Å². The molecule has 14 rings (SSSR count). The molecule has 0 spiro atoms. The Morgan fingerprint density at radius 1 is 0.228 bits per heavy atom. The average molecular weight is 1500 g/mol. The Morgan fingerprint density at radius 3 is 0.614 bits per heavy atom. The average Bonchev–Trinajstić information content (AvgIpc) is 1.59. The van der Waals surface area contributed by atoms with Gasteiger partial charge in [-0.05, 0) is 207 Å². The Labute approximate surface area is 671 Å². The maximum Gasteiger partial charge on any atom is 0.141 e. The van der Waals surface area contributed by atoms with E-state index < -0.39 is 0 Å². The largest absolute Gasteiger partial charge is 0.354 e. The van der Waals surface area contributed by atoms with Crippen LogP contribution in [0.15, 0.2) is 121 Å². The normalized spacial score (nSPS) is 13.6. The molecule has 4 N–H and O–H groups in total. The third-order valence-electron chi connectivity index (χ3n) is 22.5. The molecule has 4 aliphatic rings. The Kier molecular flexibility index (Phi) is 19.2. The predicted molar refractivity (Wildman–Crippen MR) is 475 cm³/mol. The van der Waals surface area contributed by atoms with Crippen LogP contribution in [-0.4, -0.2) is 39.9 Å². The topological polar surface area (TPSA) is 210 Å². The van der Waals surface area contributed by atoms with Crippen molar-refractivity contribution in [3.05, 3.63) is 232 Å². The second-order valence-electron chi connectivity index (χ2n) is 39.4. The molecule has 114 heavy (non-hydrogen) atoms. The van der Waals surface area contributed by atoms with Crippen LogP contribution in [0.5, 0.6) is 0 Å². The first-order chi connectivity index (χ1) is 53.3. The minimum absolute atomic E-state index is 0.0787. The first-order valence-corrected chi connectivity index (χ1v) is 39.6. The molecule has 10 heterocycles. The molecule has 6 aromatic heterocycles. The van der Waals surface area contributed by atoms with Crippen molar-refractivity contribution in [3.8, 4) is 68.8 Å². The summed E-state index contributed by atoms with van der Waals surface area (Å²) in [6, 6.07) is 53.3. The number of nitrogens with zero attached hydrogens (tertiary/aromatic N) is 8. The van der Waals surface area contributed by atoms with Gasteiger partial charge in [0, 0.05) is 65.8 Å². The fourth-order valence-electron chi connectivity index (χ4n) is 15.5. The summed E-state index contributed by atoms with van der Waals surface area (Å²) in [7, 11) is 0. The van der Waals surface area contributed by atoms with Crippen LogP contribution in [0.2, 0.25) is 0 Å². The van der Waals surface area contributed by atoms with Crippen molar-refractivity contribution in [1.29, 1.82) is 21.0 Å². The first kappa shape index (κ1) is 78.5. The summed E-state index contributed by atoms with van der Waals surface area (Å²) in [5.74, 6) is 0. The number of H-pyrrole nitrogens is 4. The van der Waals surface area contributed by atoms with E-state index in [-0.39, 0.29) is 54.5 Å². The summed E-state index contributed by atoms with van der Waals surface area (Å²) in [6.45, 7) is 53.9. The van der Waals surface area contributed by atoms with E-state index in [0.717, 1.165) is 133 Å². The molecule has 12 heteroatoms. The molecule has 0 fully saturated rings. The highest BCUT2D eigenvalue weighted by molar-refractivity contribution is 5.98. The highest BCUT2D eigenvalue weighted by Gasteiger charge is 2.30. The number of nitriles is 4. The summed E-state index contributed by atoms with van der Waals surface area (Å²) in [5, 5.41) is 46.3. The van der Waals surface area contributed by atoms with Gasteiger partial charge in [-0.3, -0.25) is 0 Å². The SMILES string of the molecule is CC(C)(C)c1cc(-c2c3nc(/c(=c4\c5nc(c(-c6cc(C(C)(C)C)cc(C(C)(C)C)c6)c6ccc([nH]6)c(=C(C#N)C#N)c6nc(c(-c7cc(C(C)(C)C)cc(C(C)(C)C)c7)c7ccc4[nH]7)C=C6)C=C5)c4ccc([nH]4)c(-c4cc(C(C)(C)C)cc(C(C)(C)C)c4)c4nc(c(=C(C#N)C#N)c5ccc2[nH]5)C=C4)C=C3)cc(C(C)(C)C)c1. The van der Waals surface area contributed by atoms with Crippen molar-refractivity contribution in [2.45, 2.75) is 209 Å². The van der Waals surface area contributed by atoms with E-state index >= 15 is 0 Å². The molecule has 0 atom stereocenters. The van der Waals surface area contributed by atoms with E-state index in [2.05, 4.69) is 332 Å². The number of benzene rings is 4. The zero-order valence-electron chi connectivity index (χ0n) is 70.7. The van der Waals surface area contributed by atoms with Crippen LogP contribution in [0.3, 0.4) is 0 Å². The van der Waals surface area contributed by atoms with E-state index in [1.54, 1.807) is 0 Å². The van der Waals surface area contributed by atoms with Gasteiger partial charge in [-0.25, -0.2) is 19.9 Å². The Hall–Kier alpha value is -12.2. The van der Waals surface area contributed by atoms with Gasteiger partial charge in [0.1, 0.15) is 35.4 Å². The first-order valence-electron chi connectivity index (χ1n) is 39.6. The van der Waals surface area contributed by atoms with Gasteiger partial charge in [0.2, 0.25) is 0 Å². The van der Waals surface area contributed by atoms with Crippen LogP contribution in [-0.2, 0) is 43.3 Å². The van der Waals surface area contributed by atoms with E-state index in [0.29, 0.717) is 67.0 Å².